The van der Waals surface area contributed by atoms with E-state index in [1.807, 2.05) is 6.07 Å². The molecule has 0 aliphatic carbocycles. The molecule has 0 aromatic heterocycles. The minimum atomic E-state index is -0.971. The zero-order valence-corrected chi connectivity index (χ0v) is 9.89. The Balaban J connectivity index is 2.92. The Morgan fingerprint density at radius 2 is 2.07 bits per heavy atom. The highest BCUT2D eigenvalue weighted by molar-refractivity contribution is 6.31. The highest BCUT2D eigenvalue weighted by atomic mass is 35.5. The van der Waals surface area contributed by atoms with Gasteiger partial charge in [0.2, 0.25) is 0 Å². The van der Waals surface area contributed by atoms with Gasteiger partial charge in [-0.15, -0.1) is 0 Å². The molecule has 0 fully saturated rings. The molecule has 1 aromatic rings. The summed E-state index contributed by atoms with van der Waals surface area (Å²) in [5.74, 6) is 0.325. The maximum Gasteiger partial charge on any atom is 0.122 e. The van der Waals surface area contributed by atoms with Crippen molar-refractivity contribution in [2.75, 3.05) is 6.54 Å². The molecule has 2 atom stereocenters. The van der Waals surface area contributed by atoms with Crippen LogP contribution < -0.4 is 5.73 Å². The Bertz CT molecular complexity index is 325. The van der Waals surface area contributed by atoms with Crippen LogP contribution in [0.5, 0.6) is 0 Å². The number of hydrogen-bond acceptors (Lipinski definition) is 1. The van der Waals surface area contributed by atoms with Gasteiger partial charge in [-0.3, -0.25) is 0 Å². The lowest BCUT2D eigenvalue weighted by Gasteiger charge is -2.14. The average molecular weight is 230 g/mol. The fraction of sp³-hybridized carbons (Fsp3) is 0.500. The first-order valence-corrected chi connectivity index (χ1v) is 5.57. The smallest absolute Gasteiger partial charge is 0.122 e. The molecule has 0 aliphatic rings. The summed E-state index contributed by atoms with van der Waals surface area (Å²) < 4.78 is 13.0. The monoisotopic (exact) mass is 229 g/mol. The topological polar surface area (TPSA) is 26.0 Å². The molecular weight excluding hydrogens is 213 g/mol. The third-order valence-corrected chi connectivity index (χ3v) is 2.94. The van der Waals surface area contributed by atoms with E-state index in [-0.39, 0.29) is 0 Å². The molecule has 0 aliphatic heterocycles. The van der Waals surface area contributed by atoms with Crippen molar-refractivity contribution in [3.8, 4) is 0 Å². The first-order chi connectivity index (χ1) is 7.06. The third kappa shape index (κ3) is 3.18. The molecule has 84 valence electrons. The van der Waals surface area contributed by atoms with Crippen LogP contribution in [0.3, 0.4) is 0 Å². The van der Waals surface area contributed by atoms with E-state index in [0.717, 1.165) is 12.0 Å². The second-order valence-corrected chi connectivity index (χ2v) is 4.28. The first kappa shape index (κ1) is 12.5. The molecule has 2 unspecified atom stereocenters. The van der Waals surface area contributed by atoms with Gasteiger partial charge in [-0.25, -0.2) is 4.39 Å². The SMILES string of the molecule is CC(F)c1ccc(C(C)CCN)c(Cl)c1. The highest BCUT2D eigenvalue weighted by Gasteiger charge is 2.11. The van der Waals surface area contributed by atoms with Gasteiger partial charge in [-0.2, -0.15) is 0 Å². The molecular formula is C12H17ClFN. The van der Waals surface area contributed by atoms with Crippen molar-refractivity contribution in [1.29, 1.82) is 0 Å². The molecule has 3 heteroatoms. The average Bonchev–Trinajstić information content (AvgIpc) is 2.17. The second-order valence-electron chi connectivity index (χ2n) is 3.88. The van der Waals surface area contributed by atoms with Gasteiger partial charge in [-0.1, -0.05) is 30.7 Å². The predicted molar refractivity (Wildman–Crippen MR) is 63.1 cm³/mol. The standard InChI is InChI=1S/C12H17ClFN/c1-8(5-6-15)11-4-3-10(9(2)14)7-12(11)13/h3-4,7-9H,5-6,15H2,1-2H3. The van der Waals surface area contributed by atoms with Gasteiger partial charge in [0.1, 0.15) is 6.17 Å². The molecule has 0 radical (unpaired) electrons. The molecule has 0 bridgehead atoms. The van der Waals surface area contributed by atoms with Crippen LogP contribution in [0.4, 0.5) is 4.39 Å². The van der Waals surface area contributed by atoms with Gasteiger partial charge in [0.15, 0.2) is 0 Å². The van der Waals surface area contributed by atoms with Crippen molar-refractivity contribution >= 4 is 11.6 Å². The lowest BCUT2D eigenvalue weighted by Crippen LogP contribution is -2.05. The van der Waals surface area contributed by atoms with Crippen molar-refractivity contribution < 1.29 is 4.39 Å². The van der Waals surface area contributed by atoms with Gasteiger partial charge in [0.25, 0.3) is 0 Å². The summed E-state index contributed by atoms with van der Waals surface area (Å²) in [4.78, 5) is 0. The van der Waals surface area contributed by atoms with Gasteiger partial charge in [0.05, 0.1) is 0 Å². The summed E-state index contributed by atoms with van der Waals surface area (Å²) in [6.45, 7) is 4.22. The Kier molecular flexibility index (Phi) is 4.55. The summed E-state index contributed by atoms with van der Waals surface area (Å²) in [7, 11) is 0. The third-order valence-electron chi connectivity index (χ3n) is 2.61. The van der Waals surface area contributed by atoms with E-state index in [1.165, 1.54) is 6.92 Å². The molecule has 15 heavy (non-hydrogen) atoms. The quantitative estimate of drug-likeness (QED) is 0.835. The normalized spacial score (nSPS) is 15.0. The van der Waals surface area contributed by atoms with Crippen LogP contribution in [0.15, 0.2) is 18.2 Å². The summed E-state index contributed by atoms with van der Waals surface area (Å²) in [5, 5.41) is 0.637. The van der Waals surface area contributed by atoms with Crippen molar-refractivity contribution in [3.05, 3.63) is 34.3 Å². The van der Waals surface area contributed by atoms with E-state index in [9.17, 15) is 4.39 Å². The Morgan fingerprint density at radius 1 is 1.40 bits per heavy atom. The molecule has 1 nitrogen and oxygen atoms in total. The van der Waals surface area contributed by atoms with Crippen molar-refractivity contribution in [3.63, 3.8) is 0 Å². The Hall–Kier alpha value is -0.600. The Morgan fingerprint density at radius 3 is 2.53 bits per heavy atom. The van der Waals surface area contributed by atoms with Crippen molar-refractivity contribution in [2.24, 2.45) is 5.73 Å². The minimum absolute atomic E-state index is 0.325. The minimum Gasteiger partial charge on any atom is -0.330 e. The van der Waals surface area contributed by atoms with Crippen LogP contribution in [0, 0.1) is 0 Å². The number of benzene rings is 1. The van der Waals surface area contributed by atoms with Gasteiger partial charge < -0.3 is 5.73 Å². The zero-order chi connectivity index (χ0) is 11.4. The molecule has 2 N–H and O–H groups in total. The van der Waals surface area contributed by atoms with E-state index < -0.39 is 6.17 Å². The van der Waals surface area contributed by atoms with E-state index in [4.69, 9.17) is 17.3 Å². The first-order valence-electron chi connectivity index (χ1n) is 5.19. The molecule has 0 amide bonds. The molecule has 1 aromatic carbocycles. The summed E-state index contributed by atoms with van der Waals surface area (Å²) >= 11 is 6.10. The van der Waals surface area contributed by atoms with Crippen LogP contribution in [0.2, 0.25) is 5.02 Å². The van der Waals surface area contributed by atoms with Crippen molar-refractivity contribution in [1.82, 2.24) is 0 Å². The second kappa shape index (κ2) is 5.47. The number of hydrogen-bond donors (Lipinski definition) is 1. The van der Waals surface area contributed by atoms with Crippen LogP contribution in [-0.2, 0) is 0 Å². The van der Waals surface area contributed by atoms with E-state index >= 15 is 0 Å². The number of nitrogens with two attached hydrogens (primary N) is 1. The lowest BCUT2D eigenvalue weighted by molar-refractivity contribution is 0.374. The molecule has 0 heterocycles. The molecule has 0 saturated heterocycles. The number of rotatable bonds is 4. The highest BCUT2D eigenvalue weighted by Crippen LogP contribution is 2.29. The van der Waals surface area contributed by atoms with Gasteiger partial charge in [-0.05, 0) is 43.0 Å². The van der Waals surface area contributed by atoms with Crippen LogP contribution >= 0.6 is 11.6 Å². The fourth-order valence-corrected chi connectivity index (χ4v) is 1.97. The maximum atomic E-state index is 13.0. The summed E-state index contributed by atoms with van der Waals surface area (Å²) in [5.41, 5.74) is 7.17. The van der Waals surface area contributed by atoms with Crippen molar-refractivity contribution in [2.45, 2.75) is 32.4 Å². The molecule has 1 rings (SSSR count). The zero-order valence-electron chi connectivity index (χ0n) is 9.13. The maximum absolute atomic E-state index is 13.0. The molecule has 0 spiro atoms. The van der Waals surface area contributed by atoms with E-state index in [2.05, 4.69) is 6.92 Å². The van der Waals surface area contributed by atoms with E-state index in [1.54, 1.807) is 12.1 Å². The van der Waals surface area contributed by atoms with Crippen LogP contribution in [0.1, 0.15) is 43.5 Å². The van der Waals surface area contributed by atoms with Gasteiger partial charge >= 0.3 is 0 Å². The van der Waals surface area contributed by atoms with E-state index in [0.29, 0.717) is 23.0 Å². The fourth-order valence-electron chi connectivity index (χ4n) is 1.60. The summed E-state index contributed by atoms with van der Waals surface area (Å²) in [6, 6.07) is 5.39. The summed E-state index contributed by atoms with van der Waals surface area (Å²) in [6.07, 6.45) is -0.0779. The Labute approximate surface area is 95.4 Å². The molecule has 0 saturated carbocycles. The lowest BCUT2D eigenvalue weighted by atomic mass is 9.96. The number of alkyl halides is 1. The number of halogens is 2. The van der Waals surface area contributed by atoms with Crippen LogP contribution in [0.25, 0.3) is 0 Å². The largest absolute Gasteiger partial charge is 0.330 e. The predicted octanol–water partition coefficient (Wildman–Crippen LogP) is 3.82. The van der Waals surface area contributed by atoms with Crippen LogP contribution in [-0.4, -0.2) is 6.54 Å². The van der Waals surface area contributed by atoms with Gasteiger partial charge in [0, 0.05) is 5.02 Å².